The van der Waals surface area contributed by atoms with Crippen molar-refractivity contribution < 1.29 is 4.52 Å². The number of anilines is 1. The fraction of sp³-hybridized carbons (Fsp3) is 0.412. The molecule has 2 heterocycles. The summed E-state index contributed by atoms with van der Waals surface area (Å²) in [7, 11) is 0. The molecule has 4 rings (SSSR count). The molecule has 6 heteroatoms. The van der Waals surface area contributed by atoms with Gasteiger partial charge in [-0.15, -0.1) is 0 Å². The molecular formula is C17H15N5O. The third-order valence-electron chi connectivity index (χ3n) is 4.53. The minimum Gasteiger partial charge on any atom is -0.369 e. The molecule has 1 aromatic heterocycles. The molecule has 0 spiro atoms. The topological polar surface area (TPSA) is 89.7 Å². The molecule has 0 N–H and O–H groups in total. The van der Waals surface area contributed by atoms with Gasteiger partial charge in [-0.1, -0.05) is 11.2 Å². The van der Waals surface area contributed by atoms with Crippen molar-refractivity contribution in [2.45, 2.75) is 31.1 Å². The summed E-state index contributed by atoms with van der Waals surface area (Å²) in [5.41, 5.74) is 1.80. The second kappa shape index (κ2) is 5.40. The summed E-state index contributed by atoms with van der Waals surface area (Å²) < 4.78 is 5.43. The Bertz CT molecular complexity index is 792. The highest BCUT2D eigenvalue weighted by Gasteiger charge is 2.33. The van der Waals surface area contributed by atoms with Crippen molar-refractivity contribution in [1.82, 2.24) is 10.1 Å². The zero-order chi connectivity index (χ0) is 15.8. The second-order valence-corrected chi connectivity index (χ2v) is 6.12. The number of nitriles is 2. The van der Waals surface area contributed by atoms with Crippen LogP contribution in [0.2, 0.25) is 0 Å². The molecule has 2 fully saturated rings. The molecule has 2 aliphatic rings. The van der Waals surface area contributed by atoms with Gasteiger partial charge < -0.3 is 9.42 Å². The van der Waals surface area contributed by atoms with Crippen molar-refractivity contribution in [2.24, 2.45) is 0 Å². The lowest BCUT2D eigenvalue weighted by atomic mass is 10.1. The summed E-state index contributed by atoms with van der Waals surface area (Å²) >= 11 is 0. The van der Waals surface area contributed by atoms with E-state index in [2.05, 4.69) is 27.2 Å². The van der Waals surface area contributed by atoms with Crippen molar-refractivity contribution in [2.75, 3.05) is 18.0 Å². The molecule has 1 saturated carbocycles. The zero-order valence-corrected chi connectivity index (χ0v) is 12.6. The average molecular weight is 305 g/mol. The van der Waals surface area contributed by atoms with Crippen LogP contribution in [-0.4, -0.2) is 23.2 Å². The molecule has 1 aliphatic heterocycles. The lowest BCUT2D eigenvalue weighted by Crippen LogP contribution is -2.21. The molecule has 114 valence electrons. The van der Waals surface area contributed by atoms with Crippen molar-refractivity contribution in [3.63, 3.8) is 0 Å². The maximum atomic E-state index is 9.33. The van der Waals surface area contributed by atoms with Gasteiger partial charge in [0, 0.05) is 19.0 Å². The molecule has 1 aliphatic carbocycles. The van der Waals surface area contributed by atoms with Gasteiger partial charge >= 0.3 is 0 Å². The molecule has 0 amide bonds. The van der Waals surface area contributed by atoms with Gasteiger partial charge in [-0.2, -0.15) is 15.5 Å². The first kappa shape index (κ1) is 13.8. The molecule has 1 atom stereocenters. The average Bonchev–Trinajstić information content (AvgIpc) is 3.13. The van der Waals surface area contributed by atoms with Gasteiger partial charge in [0.2, 0.25) is 5.89 Å². The predicted molar refractivity (Wildman–Crippen MR) is 81.7 cm³/mol. The van der Waals surface area contributed by atoms with E-state index in [4.69, 9.17) is 4.52 Å². The number of para-hydroxylation sites is 1. The standard InChI is InChI=1S/C17H15N5O/c18-8-12-2-1-3-13(9-19)15(12)22-7-6-14(10-22)17-20-16(21-23-17)11-4-5-11/h1-3,11,14H,4-7,10H2/t14-/m0/s1. The molecule has 6 nitrogen and oxygen atoms in total. The van der Waals surface area contributed by atoms with E-state index in [9.17, 15) is 10.5 Å². The fourth-order valence-corrected chi connectivity index (χ4v) is 3.15. The van der Waals surface area contributed by atoms with Crippen LogP contribution in [0.25, 0.3) is 0 Å². The first-order valence-electron chi connectivity index (χ1n) is 7.82. The van der Waals surface area contributed by atoms with E-state index in [1.807, 2.05) is 0 Å². The van der Waals surface area contributed by atoms with E-state index < -0.39 is 0 Å². The summed E-state index contributed by atoms with van der Waals surface area (Å²) in [5, 5.41) is 22.7. The van der Waals surface area contributed by atoms with Gasteiger partial charge in [0.1, 0.15) is 12.1 Å². The van der Waals surface area contributed by atoms with Gasteiger partial charge in [0.25, 0.3) is 0 Å². The van der Waals surface area contributed by atoms with Crippen LogP contribution >= 0.6 is 0 Å². The number of rotatable bonds is 3. The largest absolute Gasteiger partial charge is 0.369 e. The Labute approximate surface area is 133 Å². The van der Waals surface area contributed by atoms with E-state index in [1.165, 1.54) is 0 Å². The van der Waals surface area contributed by atoms with E-state index in [-0.39, 0.29) is 5.92 Å². The van der Waals surface area contributed by atoms with Crippen LogP contribution in [0.15, 0.2) is 22.7 Å². The maximum absolute atomic E-state index is 9.33. The Hall–Kier alpha value is -2.86. The number of hydrogen-bond donors (Lipinski definition) is 0. The predicted octanol–water partition coefficient (Wildman–Crippen LogP) is 2.68. The van der Waals surface area contributed by atoms with Crippen molar-refractivity contribution in [3.8, 4) is 12.1 Å². The Morgan fingerprint density at radius 2 is 1.83 bits per heavy atom. The summed E-state index contributed by atoms with van der Waals surface area (Å²) in [6, 6.07) is 9.62. The zero-order valence-electron chi connectivity index (χ0n) is 12.6. The van der Waals surface area contributed by atoms with E-state index in [0.717, 1.165) is 37.3 Å². The normalized spacial score (nSPS) is 20.3. The van der Waals surface area contributed by atoms with Gasteiger partial charge in [-0.25, -0.2) is 0 Å². The van der Waals surface area contributed by atoms with E-state index in [0.29, 0.717) is 29.5 Å². The van der Waals surface area contributed by atoms with Crippen LogP contribution in [0.5, 0.6) is 0 Å². The minimum absolute atomic E-state index is 0.160. The third-order valence-corrected chi connectivity index (χ3v) is 4.53. The smallest absolute Gasteiger partial charge is 0.231 e. The number of aromatic nitrogens is 2. The van der Waals surface area contributed by atoms with E-state index in [1.54, 1.807) is 18.2 Å². The third kappa shape index (κ3) is 2.43. The van der Waals surface area contributed by atoms with E-state index >= 15 is 0 Å². The number of nitrogens with zero attached hydrogens (tertiary/aromatic N) is 5. The molecule has 1 saturated heterocycles. The molecule has 1 aromatic carbocycles. The summed E-state index contributed by atoms with van der Waals surface area (Å²) in [4.78, 5) is 6.62. The quantitative estimate of drug-likeness (QED) is 0.866. The Kier molecular flexibility index (Phi) is 3.24. The molecule has 2 aromatic rings. The van der Waals surface area contributed by atoms with Gasteiger partial charge in [-0.05, 0) is 31.4 Å². The van der Waals surface area contributed by atoms with Crippen LogP contribution in [0, 0.1) is 22.7 Å². The number of hydrogen-bond acceptors (Lipinski definition) is 6. The summed E-state index contributed by atoms with van der Waals surface area (Å²) in [6.45, 7) is 1.47. The van der Waals surface area contributed by atoms with Gasteiger partial charge in [0.15, 0.2) is 5.82 Å². The Morgan fingerprint density at radius 1 is 1.09 bits per heavy atom. The lowest BCUT2D eigenvalue weighted by Gasteiger charge is -2.20. The van der Waals surface area contributed by atoms with Gasteiger partial charge in [-0.3, -0.25) is 0 Å². The Balaban J connectivity index is 1.59. The monoisotopic (exact) mass is 305 g/mol. The van der Waals surface area contributed by atoms with Crippen LogP contribution < -0.4 is 4.90 Å². The molecule has 0 radical (unpaired) electrons. The maximum Gasteiger partial charge on any atom is 0.231 e. The second-order valence-electron chi connectivity index (χ2n) is 6.12. The van der Waals surface area contributed by atoms with Crippen LogP contribution in [0.4, 0.5) is 5.69 Å². The highest BCUT2D eigenvalue weighted by Crippen LogP contribution is 2.39. The number of benzene rings is 1. The van der Waals surface area contributed by atoms with Crippen LogP contribution in [0.1, 0.15) is 53.9 Å². The fourth-order valence-electron chi connectivity index (χ4n) is 3.15. The van der Waals surface area contributed by atoms with Gasteiger partial charge in [0.05, 0.1) is 22.7 Å². The molecular weight excluding hydrogens is 290 g/mol. The molecule has 0 unspecified atom stereocenters. The Morgan fingerprint density at radius 3 is 2.48 bits per heavy atom. The van der Waals surface area contributed by atoms with Crippen molar-refractivity contribution in [3.05, 3.63) is 41.0 Å². The lowest BCUT2D eigenvalue weighted by molar-refractivity contribution is 0.355. The first-order valence-corrected chi connectivity index (χ1v) is 7.82. The minimum atomic E-state index is 0.160. The summed E-state index contributed by atoms with van der Waals surface area (Å²) in [6.07, 6.45) is 3.19. The highest BCUT2D eigenvalue weighted by atomic mass is 16.5. The van der Waals surface area contributed by atoms with Crippen LogP contribution in [0.3, 0.4) is 0 Å². The summed E-state index contributed by atoms with van der Waals surface area (Å²) in [5.74, 6) is 2.15. The highest BCUT2D eigenvalue weighted by molar-refractivity contribution is 5.68. The molecule has 23 heavy (non-hydrogen) atoms. The van der Waals surface area contributed by atoms with Crippen molar-refractivity contribution in [1.29, 1.82) is 10.5 Å². The SMILES string of the molecule is N#Cc1cccc(C#N)c1N1CC[C@H](c2nc(C3CC3)no2)C1. The first-order chi connectivity index (χ1) is 11.3. The molecule has 0 bridgehead atoms. The van der Waals surface area contributed by atoms with Crippen molar-refractivity contribution >= 4 is 5.69 Å². The van der Waals surface area contributed by atoms with Crippen LogP contribution in [-0.2, 0) is 0 Å².